The van der Waals surface area contributed by atoms with Crippen LogP contribution in [0.15, 0.2) is 35.7 Å². The summed E-state index contributed by atoms with van der Waals surface area (Å²) in [4.78, 5) is 3.01. The van der Waals surface area contributed by atoms with E-state index in [1.54, 1.807) is 23.5 Å². The summed E-state index contributed by atoms with van der Waals surface area (Å²) < 4.78 is 13.7. The second-order valence-electron chi connectivity index (χ2n) is 4.38. The van der Waals surface area contributed by atoms with Gasteiger partial charge in [-0.15, -0.1) is 11.3 Å². The van der Waals surface area contributed by atoms with Gasteiger partial charge in [0.2, 0.25) is 0 Å². The average molecular weight is 289 g/mol. The van der Waals surface area contributed by atoms with Crippen molar-refractivity contribution in [2.24, 2.45) is 0 Å². The predicted octanol–water partition coefficient (Wildman–Crippen LogP) is 3.26. The molecule has 2 nitrogen and oxygen atoms in total. The topological polar surface area (TPSA) is 23.5 Å². The molecular formula is C16H16FNOS. The predicted molar refractivity (Wildman–Crippen MR) is 81.4 cm³/mol. The van der Waals surface area contributed by atoms with E-state index in [1.807, 2.05) is 29.5 Å². The minimum absolute atomic E-state index is 0.0833. The summed E-state index contributed by atoms with van der Waals surface area (Å²) in [6.07, 6.45) is 0.486. The first-order valence-corrected chi connectivity index (χ1v) is 7.21. The fourth-order valence-corrected chi connectivity index (χ4v) is 2.70. The van der Waals surface area contributed by atoms with Crippen LogP contribution in [0, 0.1) is 17.7 Å². The van der Waals surface area contributed by atoms with Gasteiger partial charge in [-0.2, -0.15) is 0 Å². The zero-order chi connectivity index (χ0) is 14.4. The third-order valence-corrected chi connectivity index (χ3v) is 3.70. The van der Waals surface area contributed by atoms with Crippen LogP contribution in [0.1, 0.15) is 16.9 Å². The molecule has 0 aliphatic carbocycles. The van der Waals surface area contributed by atoms with Gasteiger partial charge in [0.05, 0.1) is 18.8 Å². The fraction of sp³-hybridized carbons (Fsp3) is 0.250. The molecule has 0 aliphatic heterocycles. The lowest BCUT2D eigenvalue weighted by Crippen LogP contribution is -2.16. The lowest BCUT2D eigenvalue weighted by Gasteiger charge is -2.18. The highest BCUT2D eigenvalue weighted by molar-refractivity contribution is 7.10. The molecule has 0 amide bonds. The molecule has 0 atom stereocenters. The van der Waals surface area contributed by atoms with E-state index in [9.17, 15) is 4.39 Å². The van der Waals surface area contributed by atoms with Crippen LogP contribution in [0.5, 0.6) is 0 Å². The van der Waals surface area contributed by atoms with Crippen LogP contribution >= 0.6 is 11.3 Å². The van der Waals surface area contributed by atoms with Crippen molar-refractivity contribution in [3.63, 3.8) is 0 Å². The van der Waals surface area contributed by atoms with Crippen LogP contribution in [0.2, 0.25) is 0 Å². The third kappa shape index (κ3) is 3.83. The largest absolute Gasteiger partial charge is 0.395 e. The summed E-state index contributed by atoms with van der Waals surface area (Å²) in [6.45, 7) is 0.729. The quantitative estimate of drug-likeness (QED) is 0.873. The van der Waals surface area contributed by atoms with Crippen LogP contribution in [0.25, 0.3) is 0 Å². The Labute approximate surface area is 122 Å². The van der Waals surface area contributed by atoms with E-state index in [-0.39, 0.29) is 12.4 Å². The van der Waals surface area contributed by atoms with Gasteiger partial charge >= 0.3 is 0 Å². The first-order valence-electron chi connectivity index (χ1n) is 6.33. The monoisotopic (exact) mass is 289 g/mol. The zero-order valence-electron chi connectivity index (χ0n) is 11.3. The number of hydrogen-bond acceptors (Lipinski definition) is 3. The summed E-state index contributed by atoms with van der Waals surface area (Å²) in [5, 5.41) is 10.7. The highest BCUT2D eigenvalue weighted by atomic mass is 32.1. The SMILES string of the molecule is CN(Cc1cc(C#CCCO)cs1)c1ccccc1F. The number of benzene rings is 1. The minimum Gasteiger partial charge on any atom is -0.395 e. The Bertz CT molecular complexity index is 627. The molecule has 0 saturated heterocycles. The summed E-state index contributed by atoms with van der Waals surface area (Å²) in [7, 11) is 1.87. The Hall–Kier alpha value is -1.83. The molecule has 1 aromatic heterocycles. The maximum absolute atomic E-state index is 13.7. The van der Waals surface area contributed by atoms with E-state index < -0.39 is 0 Å². The van der Waals surface area contributed by atoms with Gasteiger partial charge < -0.3 is 10.0 Å². The molecule has 1 aromatic carbocycles. The van der Waals surface area contributed by atoms with Crippen LogP contribution in [0.3, 0.4) is 0 Å². The Morgan fingerprint density at radius 2 is 2.15 bits per heavy atom. The molecule has 2 rings (SSSR count). The van der Waals surface area contributed by atoms with Gasteiger partial charge in [-0.05, 0) is 18.2 Å². The number of anilines is 1. The molecule has 4 heteroatoms. The number of aliphatic hydroxyl groups is 1. The maximum Gasteiger partial charge on any atom is 0.146 e. The van der Waals surface area contributed by atoms with Crippen molar-refractivity contribution in [1.29, 1.82) is 0 Å². The highest BCUT2D eigenvalue weighted by Gasteiger charge is 2.08. The molecule has 0 aliphatic rings. The van der Waals surface area contributed by atoms with E-state index in [0.29, 0.717) is 18.7 Å². The maximum atomic E-state index is 13.7. The van der Waals surface area contributed by atoms with E-state index in [1.165, 1.54) is 6.07 Å². The summed E-state index contributed by atoms with van der Waals surface area (Å²) in [5.74, 6) is 5.68. The Kier molecular flexibility index (Phi) is 5.16. The van der Waals surface area contributed by atoms with Crippen molar-refractivity contribution < 1.29 is 9.50 Å². The minimum atomic E-state index is -0.213. The highest BCUT2D eigenvalue weighted by Crippen LogP contribution is 2.22. The zero-order valence-corrected chi connectivity index (χ0v) is 12.1. The number of thiophene rings is 1. The Morgan fingerprint density at radius 1 is 1.35 bits per heavy atom. The molecule has 0 radical (unpaired) electrons. The molecule has 0 unspecified atom stereocenters. The van der Waals surface area contributed by atoms with Crippen LogP contribution in [-0.4, -0.2) is 18.8 Å². The van der Waals surface area contributed by atoms with E-state index in [2.05, 4.69) is 11.8 Å². The first kappa shape index (κ1) is 14.6. The van der Waals surface area contributed by atoms with Gasteiger partial charge in [-0.1, -0.05) is 24.0 Å². The second-order valence-corrected chi connectivity index (χ2v) is 5.38. The van der Waals surface area contributed by atoms with Crippen molar-refractivity contribution in [3.8, 4) is 11.8 Å². The number of halogens is 1. The van der Waals surface area contributed by atoms with Crippen molar-refractivity contribution in [1.82, 2.24) is 0 Å². The van der Waals surface area contributed by atoms with Gasteiger partial charge in [0.25, 0.3) is 0 Å². The smallest absolute Gasteiger partial charge is 0.146 e. The molecule has 1 heterocycles. The van der Waals surface area contributed by atoms with E-state index in [4.69, 9.17) is 5.11 Å². The van der Waals surface area contributed by atoms with E-state index >= 15 is 0 Å². The van der Waals surface area contributed by atoms with Crippen molar-refractivity contribution in [3.05, 3.63) is 52.0 Å². The van der Waals surface area contributed by atoms with E-state index in [0.717, 1.165) is 10.4 Å². The number of rotatable bonds is 4. The molecule has 2 aromatic rings. The molecule has 0 fully saturated rings. The molecule has 0 spiro atoms. The lowest BCUT2D eigenvalue weighted by molar-refractivity contribution is 0.305. The summed E-state index contributed by atoms with van der Waals surface area (Å²) in [6, 6.07) is 8.76. The standard InChI is InChI=1S/C16H16FNOS/c1-18(16-8-3-2-7-15(16)17)11-14-10-13(12-20-14)6-4-5-9-19/h2-3,7-8,10,12,19H,5,9,11H2,1H3. The van der Waals surface area contributed by atoms with Gasteiger partial charge in [-0.25, -0.2) is 4.39 Å². The Morgan fingerprint density at radius 3 is 2.90 bits per heavy atom. The molecule has 20 heavy (non-hydrogen) atoms. The van der Waals surface area contributed by atoms with Crippen molar-refractivity contribution in [2.75, 3.05) is 18.6 Å². The Balaban J connectivity index is 2.04. The number of aliphatic hydroxyl groups excluding tert-OH is 1. The van der Waals surface area contributed by atoms with Crippen molar-refractivity contribution >= 4 is 17.0 Å². The van der Waals surface area contributed by atoms with Crippen LogP contribution in [-0.2, 0) is 6.54 Å². The average Bonchev–Trinajstić information content (AvgIpc) is 2.87. The summed E-state index contributed by atoms with van der Waals surface area (Å²) in [5.41, 5.74) is 1.54. The van der Waals surface area contributed by atoms with Crippen LogP contribution < -0.4 is 4.90 Å². The molecule has 104 valence electrons. The first-order chi connectivity index (χ1) is 9.70. The molecular weight excluding hydrogens is 273 g/mol. The van der Waals surface area contributed by atoms with Gasteiger partial charge in [0.15, 0.2) is 0 Å². The van der Waals surface area contributed by atoms with Gasteiger partial charge in [-0.3, -0.25) is 0 Å². The second kappa shape index (κ2) is 7.09. The molecule has 1 N–H and O–H groups in total. The van der Waals surface area contributed by atoms with Crippen LogP contribution in [0.4, 0.5) is 10.1 Å². The van der Waals surface area contributed by atoms with Crippen molar-refractivity contribution in [2.45, 2.75) is 13.0 Å². The molecule has 0 saturated carbocycles. The van der Waals surface area contributed by atoms with Gasteiger partial charge in [0.1, 0.15) is 5.82 Å². The fourth-order valence-electron chi connectivity index (χ4n) is 1.83. The van der Waals surface area contributed by atoms with Gasteiger partial charge in [0, 0.05) is 29.3 Å². The number of nitrogens with zero attached hydrogens (tertiary/aromatic N) is 1. The molecule has 0 bridgehead atoms. The normalized spacial score (nSPS) is 9.95. The summed E-state index contributed by atoms with van der Waals surface area (Å²) >= 11 is 1.61. The number of hydrogen-bond donors (Lipinski definition) is 1. The third-order valence-electron chi connectivity index (χ3n) is 2.78. The number of para-hydroxylation sites is 1. The lowest BCUT2D eigenvalue weighted by atomic mass is 10.2.